The van der Waals surface area contributed by atoms with E-state index in [0.717, 1.165) is 18.2 Å². The van der Waals surface area contributed by atoms with Gasteiger partial charge in [-0.2, -0.15) is 13.2 Å². The van der Waals surface area contributed by atoms with E-state index in [1.807, 2.05) is 0 Å². The van der Waals surface area contributed by atoms with Crippen molar-refractivity contribution in [2.24, 2.45) is 5.73 Å². The van der Waals surface area contributed by atoms with Crippen LogP contribution in [0.1, 0.15) is 35.5 Å². The number of ether oxygens (including phenoxy) is 1. The molecule has 0 fully saturated rings. The highest BCUT2D eigenvalue weighted by Crippen LogP contribution is 2.37. The summed E-state index contributed by atoms with van der Waals surface area (Å²) in [6, 6.07) is 8.30. The Kier molecular flexibility index (Phi) is 8.47. The largest absolute Gasteiger partial charge is 0.494 e. The molecule has 203 valence electrons. The van der Waals surface area contributed by atoms with Crippen LogP contribution in [-0.4, -0.2) is 36.3 Å². The number of nitrogens with one attached hydrogen (secondary N) is 1. The van der Waals surface area contributed by atoms with Gasteiger partial charge in [0.1, 0.15) is 45.0 Å². The molecular weight excluding hydrogens is 542 g/mol. The second-order valence-electron chi connectivity index (χ2n) is 8.31. The Bertz CT molecular complexity index is 1520. The lowest BCUT2D eigenvalue weighted by atomic mass is 9.79. The van der Waals surface area contributed by atoms with Crippen LogP contribution >= 0.6 is 12.2 Å². The lowest BCUT2D eigenvalue weighted by Gasteiger charge is -2.11. The maximum absolute atomic E-state index is 14.1. The second kappa shape index (κ2) is 11.6. The Balaban J connectivity index is 1.76. The predicted molar refractivity (Wildman–Crippen MR) is 138 cm³/mol. The quantitative estimate of drug-likeness (QED) is 0.123. The van der Waals surface area contributed by atoms with Gasteiger partial charge in [-0.15, -0.1) is 0 Å². The first-order valence-corrected chi connectivity index (χ1v) is 11.9. The van der Waals surface area contributed by atoms with E-state index in [9.17, 15) is 22.0 Å². The van der Waals surface area contributed by atoms with E-state index < -0.39 is 29.3 Å². The fourth-order valence-electron chi connectivity index (χ4n) is 3.81. The molecule has 39 heavy (non-hydrogen) atoms. The number of thiocarbonyl (C=S) groups is 1. The summed E-state index contributed by atoms with van der Waals surface area (Å²) in [6.45, 7) is 1.57. The normalized spacial score (nSPS) is 12.4. The molecule has 0 aliphatic rings. The average Bonchev–Trinajstić information content (AvgIpc) is 3.35. The van der Waals surface area contributed by atoms with Crippen LogP contribution in [0.25, 0.3) is 22.4 Å². The van der Waals surface area contributed by atoms with Crippen LogP contribution in [0.5, 0.6) is 5.75 Å². The fourth-order valence-corrected chi connectivity index (χ4v) is 4.02. The number of methoxy groups -OCH3 is 1. The number of oxazole rings is 1. The Hall–Kier alpha value is -3.62. The number of hydrogen-bond acceptors (Lipinski definition) is 7. The van der Waals surface area contributed by atoms with Crippen molar-refractivity contribution in [3.8, 4) is 17.2 Å². The topological polar surface area (TPSA) is 95.4 Å². The van der Waals surface area contributed by atoms with E-state index in [1.165, 1.54) is 32.8 Å². The minimum absolute atomic E-state index is 0.0373. The number of rotatable bonds is 9. The summed E-state index contributed by atoms with van der Waals surface area (Å²) >= 11 is 5.50. The molecule has 14 heteroatoms. The van der Waals surface area contributed by atoms with Crippen LogP contribution in [0.15, 0.2) is 46.9 Å². The summed E-state index contributed by atoms with van der Waals surface area (Å²) in [7, 11) is 2.74. The van der Waals surface area contributed by atoms with Gasteiger partial charge in [0.2, 0.25) is 5.89 Å². The third-order valence-corrected chi connectivity index (χ3v) is 6.03. The monoisotopic (exact) mass is 563 g/mol. The Morgan fingerprint density at radius 1 is 1.15 bits per heavy atom. The highest BCUT2D eigenvalue weighted by atomic mass is 32.1. The van der Waals surface area contributed by atoms with Crippen molar-refractivity contribution in [2.75, 3.05) is 13.8 Å². The van der Waals surface area contributed by atoms with Crippen molar-refractivity contribution in [1.82, 2.24) is 15.3 Å². The molecule has 2 heterocycles. The van der Waals surface area contributed by atoms with Gasteiger partial charge in [0, 0.05) is 34.9 Å². The van der Waals surface area contributed by atoms with Gasteiger partial charge in [0.25, 0.3) is 0 Å². The van der Waals surface area contributed by atoms with Crippen LogP contribution < -0.4 is 15.8 Å². The smallest absolute Gasteiger partial charge is 0.433 e. The number of aromatic nitrogens is 2. The van der Waals surface area contributed by atoms with Gasteiger partial charge < -0.3 is 24.9 Å². The Labute approximate surface area is 225 Å². The summed E-state index contributed by atoms with van der Waals surface area (Å²) in [5.41, 5.74) is 4.99. The lowest BCUT2D eigenvalue weighted by Crippen LogP contribution is -2.25. The molecule has 0 saturated carbocycles. The van der Waals surface area contributed by atoms with Gasteiger partial charge in [0.15, 0.2) is 0 Å². The van der Waals surface area contributed by atoms with Gasteiger partial charge in [0.05, 0.1) is 13.8 Å². The van der Waals surface area contributed by atoms with Crippen LogP contribution in [0.4, 0.5) is 22.0 Å². The van der Waals surface area contributed by atoms with Gasteiger partial charge in [-0.25, -0.2) is 18.7 Å². The molecule has 0 unspecified atom stereocenters. The molecule has 4 aromatic rings. The van der Waals surface area contributed by atoms with E-state index in [2.05, 4.69) is 15.3 Å². The number of alkyl halides is 3. The standard InChI is InChI=1S/C25H21BF5N4O3S/c1-12(26-37-11-32)22-21(24(39)33-10-13-3-4-14(27)9-17(13)28)35-23(38-22)16-5-7-18(36-2)20-15(16)6-8-19(34-20)25(29,30)31/h3-9,12H,10-11,32H2,1-2H3,(H,33,39)/t12-/m0/s1. The summed E-state index contributed by atoms with van der Waals surface area (Å²) in [6.07, 6.45) is -4.66. The SMILES string of the molecule is COc1ccc(-c2nc(C(=S)NCc3ccc(F)cc3F)c([C@H](C)[B]OCN)o2)c2ccc(C(F)(F)F)nc12. The van der Waals surface area contributed by atoms with Crippen LogP contribution in [0, 0.1) is 11.6 Å². The zero-order chi connectivity index (χ0) is 28.3. The number of halogens is 5. The molecule has 0 bridgehead atoms. The first-order valence-electron chi connectivity index (χ1n) is 11.5. The molecule has 0 aliphatic carbocycles. The molecule has 0 spiro atoms. The first kappa shape index (κ1) is 28.4. The van der Waals surface area contributed by atoms with E-state index in [0.29, 0.717) is 10.9 Å². The van der Waals surface area contributed by atoms with E-state index in [-0.39, 0.29) is 52.4 Å². The predicted octanol–water partition coefficient (Wildman–Crippen LogP) is 5.27. The summed E-state index contributed by atoms with van der Waals surface area (Å²) in [5.74, 6) is -1.54. The maximum atomic E-state index is 14.1. The van der Waals surface area contributed by atoms with Crippen molar-refractivity contribution >= 4 is 35.6 Å². The van der Waals surface area contributed by atoms with E-state index >= 15 is 0 Å². The zero-order valence-electron chi connectivity index (χ0n) is 20.6. The van der Waals surface area contributed by atoms with E-state index in [4.69, 9.17) is 31.8 Å². The van der Waals surface area contributed by atoms with Crippen LogP contribution in [0.2, 0.25) is 0 Å². The molecule has 0 aliphatic heterocycles. The van der Waals surface area contributed by atoms with Gasteiger partial charge >= 0.3 is 13.7 Å². The highest BCUT2D eigenvalue weighted by molar-refractivity contribution is 7.80. The van der Waals surface area contributed by atoms with E-state index in [1.54, 1.807) is 13.0 Å². The summed E-state index contributed by atoms with van der Waals surface area (Å²) < 4.78 is 83.8. The van der Waals surface area contributed by atoms with Gasteiger partial charge in [-0.05, 0) is 30.3 Å². The Morgan fingerprint density at radius 2 is 1.92 bits per heavy atom. The number of hydrogen-bond donors (Lipinski definition) is 2. The minimum Gasteiger partial charge on any atom is -0.494 e. The van der Waals surface area contributed by atoms with Crippen molar-refractivity contribution in [1.29, 1.82) is 0 Å². The molecule has 4 rings (SSSR count). The van der Waals surface area contributed by atoms with Crippen molar-refractivity contribution in [3.05, 3.63) is 76.8 Å². The number of benzene rings is 2. The molecule has 0 saturated heterocycles. The Morgan fingerprint density at radius 3 is 2.59 bits per heavy atom. The van der Waals surface area contributed by atoms with Crippen LogP contribution in [0.3, 0.4) is 0 Å². The highest BCUT2D eigenvalue weighted by Gasteiger charge is 2.33. The number of nitrogens with two attached hydrogens (primary N) is 1. The van der Waals surface area contributed by atoms with Crippen molar-refractivity contribution in [3.63, 3.8) is 0 Å². The zero-order valence-corrected chi connectivity index (χ0v) is 21.4. The molecule has 1 radical (unpaired) electrons. The fraction of sp³-hybridized carbons (Fsp3) is 0.240. The molecule has 2 aromatic carbocycles. The number of fused-ring (bicyclic) bond motifs is 1. The molecule has 1 atom stereocenters. The third kappa shape index (κ3) is 6.18. The number of nitrogens with zero attached hydrogens (tertiary/aromatic N) is 2. The van der Waals surface area contributed by atoms with Crippen LogP contribution in [-0.2, 0) is 17.4 Å². The maximum Gasteiger partial charge on any atom is 0.433 e. The molecule has 2 aromatic heterocycles. The molecular formula is C25H21BF5N4O3S. The number of pyridine rings is 1. The molecule has 7 nitrogen and oxygen atoms in total. The average molecular weight is 563 g/mol. The van der Waals surface area contributed by atoms with Crippen molar-refractivity contribution in [2.45, 2.75) is 25.5 Å². The molecule has 0 amide bonds. The van der Waals surface area contributed by atoms with Gasteiger partial charge in [-0.1, -0.05) is 25.2 Å². The lowest BCUT2D eigenvalue weighted by molar-refractivity contribution is -0.140. The van der Waals surface area contributed by atoms with Crippen molar-refractivity contribution < 1.29 is 35.8 Å². The summed E-state index contributed by atoms with van der Waals surface area (Å²) in [5, 5.41) is 3.18. The summed E-state index contributed by atoms with van der Waals surface area (Å²) in [4.78, 5) is 8.36. The first-order chi connectivity index (χ1) is 18.5. The second-order valence-corrected chi connectivity index (χ2v) is 8.72. The third-order valence-electron chi connectivity index (χ3n) is 5.69. The van der Waals surface area contributed by atoms with Gasteiger partial charge in [-0.3, -0.25) is 0 Å². The minimum atomic E-state index is -4.66. The molecule has 3 N–H and O–H groups in total.